The Bertz CT molecular complexity index is 684. The molecule has 0 unspecified atom stereocenters. The van der Waals surface area contributed by atoms with Crippen molar-refractivity contribution in [3.63, 3.8) is 0 Å². The molecule has 0 spiro atoms. The van der Waals surface area contributed by atoms with Crippen molar-refractivity contribution in [2.75, 3.05) is 0 Å². The smallest absolute Gasteiger partial charge is 0.325 e. The SMILES string of the molecule is Cc1ccc(F)c(C(=O)NCc2cn(CC(=O)O)nn2)c1. The summed E-state index contributed by atoms with van der Waals surface area (Å²) in [5.41, 5.74) is 1.11. The number of carboxylic acids is 1. The molecule has 0 aliphatic rings. The fourth-order valence-corrected chi connectivity index (χ4v) is 1.71. The molecule has 0 bridgehead atoms. The fraction of sp³-hybridized carbons (Fsp3) is 0.231. The summed E-state index contributed by atoms with van der Waals surface area (Å²) in [4.78, 5) is 22.4. The van der Waals surface area contributed by atoms with Crippen LogP contribution in [0, 0.1) is 12.7 Å². The predicted molar refractivity (Wildman–Crippen MR) is 70.0 cm³/mol. The number of amides is 1. The van der Waals surface area contributed by atoms with Crippen molar-refractivity contribution in [3.05, 3.63) is 47.0 Å². The Hall–Kier alpha value is -2.77. The van der Waals surface area contributed by atoms with E-state index < -0.39 is 17.7 Å². The van der Waals surface area contributed by atoms with Crippen LogP contribution in [0.2, 0.25) is 0 Å². The molecular weight excluding hydrogens is 279 g/mol. The van der Waals surface area contributed by atoms with E-state index in [2.05, 4.69) is 15.6 Å². The molecule has 1 amide bonds. The topological polar surface area (TPSA) is 97.1 Å². The number of carbonyl (C=O) groups excluding carboxylic acids is 1. The van der Waals surface area contributed by atoms with Crippen LogP contribution in [-0.4, -0.2) is 32.0 Å². The number of halogens is 1. The van der Waals surface area contributed by atoms with Gasteiger partial charge in [0, 0.05) is 0 Å². The lowest BCUT2D eigenvalue weighted by atomic mass is 10.1. The van der Waals surface area contributed by atoms with E-state index in [0.717, 1.165) is 10.2 Å². The maximum Gasteiger partial charge on any atom is 0.325 e. The van der Waals surface area contributed by atoms with E-state index in [1.807, 2.05) is 0 Å². The first kappa shape index (κ1) is 14.6. The summed E-state index contributed by atoms with van der Waals surface area (Å²) in [6, 6.07) is 4.25. The van der Waals surface area contributed by atoms with Gasteiger partial charge in [0.1, 0.15) is 18.1 Å². The van der Waals surface area contributed by atoms with Gasteiger partial charge in [-0.3, -0.25) is 9.59 Å². The summed E-state index contributed by atoms with van der Waals surface area (Å²) in [6.45, 7) is 1.48. The van der Waals surface area contributed by atoms with Crippen molar-refractivity contribution in [2.45, 2.75) is 20.0 Å². The highest BCUT2D eigenvalue weighted by molar-refractivity contribution is 5.94. The molecule has 7 nitrogen and oxygen atoms in total. The number of carbonyl (C=O) groups is 2. The van der Waals surface area contributed by atoms with Crippen LogP contribution in [0.3, 0.4) is 0 Å². The summed E-state index contributed by atoms with van der Waals surface area (Å²) in [6.07, 6.45) is 1.40. The van der Waals surface area contributed by atoms with Gasteiger partial charge in [-0.1, -0.05) is 16.8 Å². The minimum atomic E-state index is -1.04. The molecule has 2 N–H and O–H groups in total. The number of aryl methyl sites for hydroxylation is 1. The number of rotatable bonds is 5. The van der Waals surface area contributed by atoms with E-state index in [0.29, 0.717) is 5.69 Å². The Labute approximate surface area is 119 Å². The number of nitrogens with one attached hydrogen (secondary N) is 1. The van der Waals surface area contributed by atoms with Crippen LogP contribution in [0.5, 0.6) is 0 Å². The van der Waals surface area contributed by atoms with Gasteiger partial charge in [0.25, 0.3) is 5.91 Å². The molecule has 1 aromatic carbocycles. The van der Waals surface area contributed by atoms with Crippen molar-refractivity contribution < 1.29 is 19.1 Å². The van der Waals surface area contributed by atoms with Crippen molar-refractivity contribution in [1.29, 1.82) is 0 Å². The monoisotopic (exact) mass is 292 g/mol. The highest BCUT2D eigenvalue weighted by Gasteiger charge is 2.12. The Balaban J connectivity index is 1.99. The van der Waals surface area contributed by atoms with Gasteiger partial charge in [0.2, 0.25) is 0 Å². The molecule has 8 heteroatoms. The molecule has 0 fully saturated rings. The summed E-state index contributed by atoms with van der Waals surface area (Å²) in [7, 11) is 0. The summed E-state index contributed by atoms with van der Waals surface area (Å²) in [5.74, 6) is -2.21. The Morgan fingerprint density at radius 2 is 2.19 bits per heavy atom. The lowest BCUT2D eigenvalue weighted by Crippen LogP contribution is -2.24. The zero-order valence-corrected chi connectivity index (χ0v) is 11.2. The number of benzene rings is 1. The van der Waals surface area contributed by atoms with Crippen LogP contribution in [0.1, 0.15) is 21.6 Å². The predicted octanol–water partition coefficient (Wildman–Crippen LogP) is 0.740. The summed E-state index contributed by atoms with van der Waals surface area (Å²) >= 11 is 0. The highest BCUT2D eigenvalue weighted by atomic mass is 19.1. The standard InChI is InChI=1S/C13H13FN4O3/c1-8-2-3-11(14)10(4-8)13(21)15-5-9-6-18(17-16-9)7-12(19)20/h2-4,6H,5,7H2,1H3,(H,15,21)(H,19,20). The molecule has 21 heavy (non-hydrogen) atoms. The first-order valence-corrected chi connectivity index (χ1v) is 6.11. The number of carboxylic acid groups (broad SMARTS) is 1. The highest BCUT2D eigenvalue weighted by Crippen LogP contribution is 2.10. The molecule has 0 aliphatic heterocycles. The molecule has 0 aliphatic carbocycles. The number of nitrogens with zero attached hydrogens (tertiary/aromatic N) is 3. The van der Waals surface area contributed by atoms with Gasteiger partial charge in [-0.15, -0.1) is 5.10 Å². The maximum absolute atomic E-state index is 13.5. The lowest BCUT2D eigenvalue weighted by molar-refractivity contribution is -0.137. The van der Waals surface area contributed by atoms with Crippen LogP contribution in [0.15, 0.2) is 24.4 Å². The Morgan fingerprint density at radius 3 is 2.90 bits per heavy atom. The Kier molecular flexibility index (Phi) is 4.27. The third-order valence-corrected chi connectivity index (χ3v) is 2.68. The van der Waals surface area contributed by atoms with Crippen LogP contribution in [-0.2, 0) is 17.9 Å². The molecular formula is C13H13FN4O3. The molecule has 0 atom stereocenters. The quantitative estimate of drug-likeness (QED) is 0.847. The fourth-order valence-electron chi connectivity index (χ4n) is 1.71. The van der Waals surface area contributed by atoms with E-state index in [9.17, 15) is 14.0 Å². The number of hydrogen-bond acceptors (Lipinski definition) is 4. The lowest BCUT2D eigenvalue weighted by Gasteiger charge is -2.05. The van der Waals surface area contributed by atoms with Crippen molar-refractivity contribution in [2.24, 2.45) is 0 Å². The third kappa shape index (κ3) is 3.85. The average Bonchev–Trinajstić information content (AvgIpc) is 2.85. The van der Waals surface area contributed by atoms with E-state index in [1.54, 1.807) is 13.0 Å². The number of hydrogen-bond donors (Lipinski definition) is 2. The summed E-state index contributed by atoms with van der Waals surface area (Å²) < 4.78 is 14.7. The van der Waals surface area contributed by atoms with Gasteiger partial charge in [-0.05, 0) is 19.1 Å². The van der Waals surface area contributed by atoms with Gasteiger partial charge in [-0.2, -0.15) is 0 Å². The molecule has 1 heterocycles. The summed E-state index contributed by atoms with van der Waals surface area (Å²) in [5, 5.41) is 18.4. The Morgan fingerprint density at radius 1 is 1.43 bits per heavy atom. The second-order valence-corrected chi connectivity index (χ2v) is 4.47. The molecule has 2 aromatic rings. The second-order valence-electron chi connectivity index (χ2n) is 4.47. The average molecular weight is 292 g/mol. The minimum Gasteiger partial charge on any atom is -0.480 e. The first-order chi connectivity index (χ1) is 9.95. The van der Waals surface area contributed by atoms with Crippen molar-refractivity contribution in [1.82, 2.24) is 20.3 Å². The maximum atomic E-state index is 13.5. The minimum absolute atomic E-state index is 0.0336. The molecule has 1 aromatic heterocycles. The number of aliphatic carboxylic acids is 1. The molecule has 110 valence electrons. The number of aromatic nitrogens is 3. The van der Waals surface area contributed by atoms with Crippen molar-refractivity contribution in [3.8, 4) is 0 Å². The molecule has 0 radical (unpaired) electrons. The van der Waals surface area contributed by atoms with Gasteiger partial charge >= 0.3 is 5.97 Å². The van der Waals surface area contributed by atoms with Crippen molar-refractivity contribution >= 4 is 11.9 Å². The molecule has 0 saturated heterocycles. The van der Waals surface area contributed by atoms with Gasteiger partial charge in [0.15, 0.2) is 0 Å². The van der Waals surface area contributed by atoms with Crippen LogP contribution in [0.25, 0.3) is 0 Å². The van der Waals surface area contributed by atoms with E-state index in [4.69, 9.17) is 5.11 Å². The normalized spacial score (nSPS) is 10.4. The van der Waals surface area contributed by atoms with Gasteiger partial charge < -0.3 is 10.4 Å². The van der Waals surface area contributed by atoms with Crippen LogP contribution >= 0.6 is 0 Å². The van der Waals surface area contributed by atoms with Crippen LogP contribution in [0.4, 0.5) is 4.39 Å². The third-order valence-electron chi connectivity index (χ3n) is 2.68. The molecule has 0 saturated carbocycles. The first-order valence-electron chi connectivity index (χ1n) is 6.11. The van der Waals surface area contributed by atoms with E-state index >= 15 is 0 Å². The zero-order valence-electron chi connectivity index (χ0n) is 11.2. The van der Waals surface area contributed by atoms with E-state index in [1.165, 1.54) is 18.3 Å². The van der Waals surface area contributed by atoms with Crippen LogP contribution < -0.4 is 5.32 Å². The van der Waals surface area contributed by atoms with Gasteiger partial charge in [-0.25, -0.2) is 9.07 Å². The second kappa shape index (κ2) is 6.12. The van der Waals surface area contributed by atoms with E-state index in [-0.39, 0.29) is 18.7 Å². The zero-order chi connectivity index (χ0) is 15.4. The largest absolute Gasteiger partial charge is 0.480 e. The molecule has 2 rings (SSSR count). The van der Waals surface area contributed by atoms with Gasteiger partial charge in [0.05, 0.1) is 18.3 Å².